The van der Waals surface area contributed by atoms with Crippen LogP contribution in [0.3, 0.4) is 0 Å². The number of rotatable bonds is 4. The summed E-state index contributed by atoms with van der Waals surface area (Å²) in [5.74, 6) is 5.96. The fourth-order valence-electron chi connectivity index (χ4n) is 2.39. The van der Waals surface area contributed by atoms with Crippen LogP contribution in [0.25, 0.3) is 0 Å². The minimum Gasteiger partial charge on any atom is -0.491 e. The lowest BCUT2D eigenvalue weighted by Gasteiger charge is -2.20. The molecule has 1 aromatic carbocycles. The van der Waals surface area contributed by atoms with Gasteiger partial charge in [0, 0.05) is 6.42 Å². The molecular weight excluding hydrogens is 271 g/mol. The van der Waals surface area contributed by atoms with Crippen LogP contribution >= 0.6 is 0 Å². The first-order valence-corrected chi connectivity index (χ1v) is 7.38. The minimum absolute atomic E-state index is 0.0403. The maximum absolute atomic E-state index is 12.8. The van der Waals surface area contributed by atoms with Crippen LogP contribution in [0.2, 0.25) is 0 Å². The van der Waals surface area contributed by atoms with Gasteiger partial charge in [0.15, 0.2) is 0 Å². The lowest BCUT2D eigenvalue weighted by molar-refractivity contribution is -0.0275. The normalized spacial score (nSPS) is 22.0. The third-order valence-electron chi connectivity index (χ3n) is 3.47. The first kappa shape index (κ1) is 15.8. The number of aliphatic hydroxyl groups is 1. The summed E-state index contributed by atoms with van der Waals surface area (Å²) in [5, 5.41) is 8.67. The van der Waals surface area contributed by atoms with Gasteiger partial charge >= 0.3 is 0 Å². The van der Waals surface area contributed by atoms with Crippen molar-refractivity contribution >= 4 is 0 Å². The van der Waals surface area contributed by atoms with Gasteiger partial charge in [-0.15, -0.1) is 0 Å². The minimum atomic E-state index is -0.268. The van der Waals surface area contributed by atoms with Crippen LogP contribution < -0.4 is 4.74 Å². The molecule has 1 fully saturated rings. The Morgan fingerprint density at radius 3 is 2.57 bits per heavy atom. The quantitative estimate of drug-likeness (QED) is 0.867. The monoisotopic (exact) mass is 292 g/mol. The predicted octanol–water partition coefficient (Wildman–Crippen LogP) is 2.92. The molecular formula is C17H21FO3. The molecule has 2 rings (SSSR count). The Kier molecular flexibility index (Phi) is 6.52. The highest BCUT2D eigenvalue weighted by atomic mass is 19.1. The number of hydrogen-bond acceptors (Lipinski definition) is 3. The van der Waals surface area contributed by atoms with E-state index in [0.717, 1.165) is 25.7 Å². The number of benzene rings is 1. The molecule has 0 amide bonds. The van der Waals surface area contributed by atoms with Crippen molar-refractivity contribution in [2.75, 3.05) is 13.2 Å². The topological polar surface area (TPSA) is 38.7 Å². The highest BCUT2D eigenvalue weighted by Gasteiger charge is 2.20. The molecule has 1 heterocycles. The van der Waals surface area contributed by atoms with Crippen LogP contribution in [-0.4, -0.2) is 30.5 Å². The van der Waals surface area contributed by atoms with Gasteiger partial charge in [0.2, 0.25) is 0 Å². The summed E-state index contributed by atoms with van der Waals surface area (Å²) in [4.78, 5) is 0. The smallest absolute Gasteiger partial charge is 0.123 e. The summed E-state index contributed by atoms with van der Waals surface area (Å²) in [6.07, 6.45) is 4.98. The van der Waals surface area contributed by atoms with E-state index in [0.29, 0.717) is 18.8 Å². The number of aliphatic hydroxyl groups excluding tert-OH is 1. The Balaban J connectivity index is 1.82. The molecule has 0 spiro atoms. The SMILES string of the molecule is OCC#CCC1CCCCC(COc2ccc(F)cc2)O1. The zero-order valence-electron chi connectivity index (χ0n) is 12.1. The van der Waals surface area contributed by atoms with Crippen molar-refractivity contribution in [1.29, 1.82) is 0 Å². The average Bonchev–Trinajstić information content (AvgIpc) is 2.72. The van der Waals surface area contributed by atoms with E-state index in [4.69, 9.17) is 14.6 Å². The van der Waals surface area contributed by atoms with Crippen LogP contribution in [0.15, 0.2) is 24.3 Å². The lowest BCUT2D eigenvalue weighted by atomic mass is 10.1. The molecule has 0 aromatic heterocycles. The van der Waals surface area contributed by atoms with Crippen LogP contribution in [0.4, 0.5) is 4.39 Å². The Bertz CT molecular complexity index is 475. The molecule has 21 heavy (non-hydrogen) atoms. The first-order chi connectivity index (χ1) is 10.3. The Labute approximate surface area is 125 Å². The van der Waals surface area contributed by atoms with E-state index in [1.54, 1.807) is 12.1 Å². The van der Waals surface area contributed by atoms with Gasteiger partial charge in [-0.05, 0) is 37.1 Å². The van der Waals surface area contributed by atoms with E-state index in [1.165, 1.54) is 12.1 Å². The van der Waals surface area contributed by atoms with Gasteiger partial charge < -0.3 is 14.6 Å². The predicted molar refractivity (Wildman–Crippen MR) is 78.5 cm³/mol. The van der Waals surface area contributed by atoms with Crippen LogP contribution in [-0.2, 0) is 4.74 Å². The van der Waals surface area contributed by atoms with Gasteiger partial charge in [-0.25, -0.2) is 4.39 Å². The fraction of sp³-hybridized carbons (Fsp3) is 0.529. The van der Waals surface area contributed by atoms with Gasteiger partial charge in [-0.3, -0.25) is 0 Å². The average molecular weight is 292 g/mol. The molecule has 114 valence electrons. The second-order valence-electron chi connectivity index (χ2n) is 5.15. The van der Waals surface area contributed by atoms with Gasteiger partial charge in [0.05, 0.1) is 12.2 Å². The van der Waals surface area contributed by atoms with E-state index in [2.05, 4.69) is 11.8 Å². The fourth-order valence-corrected chi connectivity index (χ4v) is 2.39. The molecule has 0 bridgehead atoms. The van der Waals surface area contributed by atoms with Crippen molar-refractivity contribution in [3.8, 4) is 17.6 Å². The zero-order chi connectivity index (χ0) is 14.9. The largest absolute Gasteiger partial charge is 0.491 e. The summed E-state index contributed by atoms with van der Waals surface area (Å²) in [6.45, 7) is 0.361. The van der Waals surface area contributed by atoms with E-state index in [1.807, 2.05) is 0 Å². The second-order valence-corrected chi connectivity index (χ2v) is 5.15. The molecule has 1 aliphatic heterocycles. The van der Waals surface area contributed by atoms with E-state index >= 15 is 0 Å². The highest BCUT2D eigenvalue weighted by molar-refractivity contribution is 5.22. The van der Waals surface area contributed by atoms with Crippen molar-refractivity contribution in [2.45, 2.75) is 44.3 Å². The summed E-state index contributed by atoms with van der Waals surface area (Å²) in [6, 6.07) is 6.01. The molecule has 0 saturated carbocycles. The molecule has 2 unspecified atom stereocenters. The molecule has 2 atom stereocenters. The van der Waals surface area contributed by atoms with Gasteiger partial charge in [-0.2, -0.15) is 0 Å². The summed E-state index contributed by atoms with van der Waals surface area (Å²) in [5.41, 5.74) is 0. The zero-order valence-corrected chi connectivity index (χ0v) is 12.1. The molecule has 1 aromatic rings. The van der Waals surface area contributed by atoms with Gasteiger partial charge in [-0.1, -0.05) is 24.7 Å². The molecule has 3 nitrogen and oxygen atoms in total. The number of halogens is 1. The van der Waals surface area contributed by atoms with Crippen molar-refractivity contribution in [1.82, 2.24) is 0 Å². The van der Waals surface area contributed by atoms with Gasteiger partial charge in [0.1, 0.15) is 24.8 Å². The van der Waals surface area contributed by atoms with E-state index in [-0.39, 0.29) is 24.6 Å². The highest BCUT2D eigenvalue weighted by Crippen LogP contribution is 2.21. The van der Waals surface area contributed by atoms with Crippen LogP contribution in [0, 0.1) is 17.7 Å². The van der Waals surface area contributed by atoms with Crippen molar-refractivity contribution in [2.24, 2.45) is 0 Å². The Morgan fingerprint density at radius 2 is 1.86 bits per heavy atom. The van der Waals surface area contributed by atoms with Crippen LogP contribution in [0.1, 0.15) is 32.1 Å². The van der Waals surface area contributed by atoms with Crippen molar-refractivity contribution < 1.29 is 19.0 Å². The summed E-state index contributed by atoms with van der Waals surface area (Å²) in [7, 11) is 0. The second kappa shape index (κ2) is 8.66. The Morgan fingerprint density at radius 1 is 1.14 bits per heavy atom. The third kappa shape index (κ3) is 5.74. The van der Waals surface area contributed by atoms with Gasteiger partial charge in [0.25, 0.3) is 0 Å². The maximum atomic E-state index is 12.8. The van der Waals surface area contributed by atoms with Crippen molar-refractivity contribution in [3.05, 3.63) is 30.1 Å². The van der Waals surface area contributed by atoms with Crippen molar-refractivity contribution in [3.63, 3.8) is 0 Å². The number of hydrogen-bond donors (Lipinski definition) is 1. The molecule has 0 aliphatic carbocycles. The molecule has 4 heteroatoms. The number of ether oxygens (including phenoxy) is 2. The third-order valence-corrected chi connectivity index (χ3v) is 3.47. The lowest BCUT2D eigenvalue weighted by Crippen LogP contribution is -2.25. The Hall–Kier alpha value is -1.57. The van der Waals surface area contributed by atoms with E-state index in [9.17, 15) is 4.39 Å². The first-order valence-electron chi connectivity index (χ1n) is 7.38. The molecule has 1 aliphatic rings. The van der Waals surface area contributed by atoms with Crippen LogP contribution in [0.5, 0.6) is 5.75 Å². The molecule has 1 saturated heterocycles. The molecule has 0 radical (unpaired) electrons. The van der Waals surface area contributed by atoms with E-state index < -0.39 is 0 Å². The summed E-state index contributed by atoms with van der Waals surface area (Å²) >= 11 is 0. The summed E-state index contributed by atoms with van der Waals surface area (Å²) < 4.78 is 24.5. The maximum Gasteiger partial charge on any atom is 0.123 e. The standard InChI is InChI=1S/C17H21FO3/c18-14-8-10-15(11-9-14)20-13-17-7-2-1-5-16(21-17)6-3-4-12-19/h8-11,16-17,19H,1-2,5-7,12-13H2. The molecule has 1 N–H and O–H groups in total.